The van der Waals surface area contributed by atoms with Crippen molar-refractivity contribution in [3.8, 4) is 11.3 Å². The van der Waals surface area contributed by atoms with Gasteiger partial charge in [0.15, 0.2) is 5.82 Å². The molecule has 2 amide bonds. The van der Waals surface area contributed by atoms with Crippen LogP contribution in [0, 0.1) is 31.3 Å². The predicted molar refractivity (Wildman–Crippen MR) is 132 cm³/mol. The van der Waals surface area contributed by atoms with Crippen molar-refractivity contribution in [2.75, 3.05) is 25.6 Å². The zero-order chi connectivity index (χ0) is 26.9. The molecule has 1 fully saturated rings. The number of carbonyl (C=O) groups is 2. The molecule has 2 aromatic heterocycles. The van der Waals surface area contributed by atoms with Crippen LogP contribution in [0.15, 0.2) is 36.7 Å². The SMILES string of the molecule is Cc1c(C(=O)N(c2cccnc2)C2CCCCO2)nc(-c2c(F)cc(C(=O)N(C)C)cc2F)c(F)c1C. The lowest BCUT2D eigenvalue weighted by Crippen LogP contribution is -2.44. The normalized spacial score (nSPS) is 15.4. The van der Waals surface area contributed by atoms with Crippen molar-refractivity contribution in [2.24, 2.45) is 0 Å². The van der Waals surface area contributed by atoms with Crippen LogP contribution in [0.2, 0.25) is 0 Å². The van der Waals surface area contributed by atoms with Crippen molar-refractivity contribution in [3.05, 3.63) is 76.5 Å². The molecule has 0 saturated carbocycles. The summed E-state index contributed by atoms with van der Waals surface area (Å²) in [5, 5.41) is 0. The van der Waals surface area contributed by atoms with Crippen molar-refractivity contribution in [1.29, 1.82) is 0 Å². The number of amides is 2. The number of ether oxygens (including phenoxy) is 1. The zero-order valence-corrected chi connectivity index (χ0v) is 21.0. The number of halogens is 3. The van der Waals surface area contributed by atoms with Gasteiger partial charge in [-0.2, -0.15) is 0 Å². The number of nitrogens with zero attached hydrogens (tertiary/aromatic N) is 4. The average Bonchev–Trinajstić information content (AvgIpc) is 2.89. The molecule has 1 aliphatic rings. The van der Waals surface area contributed by atoms with Crippen LogP contribution in [0.1, 0.15) is 51.2 Å². The van der Waals surface area contributed by atoms with Crippen LogP contribution in [0.3, 0.4) is 0 Å². The van der Waals surface area contributed by atoms with E-state index in [-0.39, 0.29) is 22.4 Å². The monoisotopic (exact) mass is 512 g/mol. The Balaban J connectivity index is 1.86. The Hall–Kier alpha value is -3.79. The van der Waals surface area contributed by atoms with Gasteiger partial charge in [-0.25, -0.2) is 18.2 Å². The molecule has 0 bridgehead atoms. The molecular formula is C27H27F3N4O3. The number of hydrogen-bond acceptors (Lipinski definition) is 5. The van der Waals surface area contributed by atoms with Gasteiger partial charge in [-0.3, -0.25) is 19.5 Å². The van der Waals surface area contributed by atoms with Crippen LogP contribution >= 0.6 is 0 Å². The van der Waals surface area contributed by atoms with Crippen LogP contribution in [0.4, 0.5) is 18.9 Å². The smallest absolute Gasteiger partial charge is 0.279 e. The fraction of sp³-hybridized carbons (Fsp3) is 0.333. The van der Waals surface area contributed by atoms with E-state index < -0.39 is 46.8 Å². The molecule has 37 heavy (non-hydrogen) atoms. The number of carbonyl (C=O) groups excluding carboxylic acids is 2. The molecule has 0 spiro atoms. The topological polar surface area (TPSA) is 75.6 Å². The lowest BCUT2D eigenvalue weighted by atomic mass is 10.00. The van der Waals surface area contributed by atoms with E-state index in [9.17, 15) is 9.59 Å². The summed E-state index contributed by atoms with van der Waals surface area (Å²) in [4.78, 5) is 36.9. The van der Waals surface area contributed by atoms with E-state index in [0.29, 0.717) is 18.7 Å². The van der Waals surface area contributed by atoms with Crippen LogP contribution in [-0.2, 0) is 4.74 Å². The molecule has 194 valence electrons. The highest BCUT2D eigenvalue weighted by Gasteiger charge is 2.33. The Kier molecular flexibility index (Phi) is 7.58. The predicted octanol–water partition coefficient (Wildman–Crippen LogP) is 5.05. The van der Waals surface area contributed by atoms with Gasteiger partial charge in [0.05, 0.1) is 17.4 Å². The average molecular weight is 513 g/mol. The second-order valence-corrected chi connectivity index (χ2v) is 9.10. The Morgan fingerprint density at radius 2 is 1.73 bits per heavy atom. The van der Waals surface area contributed by atoms with Crippen LogP contribution in [-0.4, -0.2) is 53.6 Å². The minimum Gasteiger partial charge on any atom is -0.358 e. The molecule has 0 N–H and O–H groups in total. The van der Waals surface area contributed by atoms with Gasteiger partial charge in [0.25, 0.3) is 11.8 Å². The Morgan fingerprint density at radius 3 is 2.30 bits per heavy atom. The Labute approximate surface area is 212 Å². The summed E-state index contributed by atoms with van der Waals surface area (Å²) in [6.45, 7) is 3.40. The maximum Gasteiger partial charge on any atom is 0.279 e. The lowest BCUT2D eigenvalue weighted by Gasteiger charge is -2.34. The molecule has 10 heteroatoms. The minimum atomic E-state index is -1.17. The molecule has 1 atom stereocenters. The van der Waals surface area contributed by atoms with Gasteiger partial charge >= 0.3 is 0 Å². The van der Waals surface area contributed by atoms with E-state index in [1.54, 1.807) is 18.3 Å². The van der Waals surface area contributed by atoms with E-state index in [4.69, 9.17) is 4.74 Å². The van der Waals surface area contributed by atoms with Crippen LogP contribution in [0.25, 0.3) is 11.3 Å². The van der Waals surface area contributed by atoms with Crippen molar-refractivity contribution in [3.63, 3.8) is 0 Å². The van der Waals surface area contributed by atoms with Gasteiger partial charge in [-0.1, -0.05) is 0 Å². The first-order valence-corrected chi connectivity index (χ1v) is 11.8. The quantitative estimate of drug-likeness (QED) is 0.478. The van der Waals surface area contributed by atoms with Gasteiger partial charge in [0, 0.05) is 32.5 Å². The highest BCUT2D eigenvalue weighted by atomic mass is 19.1. The first kappa shape index (κ1) is 26.3. The van der Waals surface area contributed by atoms with Gasteiger partial charge in [0.2, 0.25) is 0 Å². The lowest BCUT2D eigenvalue weighted by molar-refractivity contribution is 0.0143. The molecule has 0 aliphatic carbocycles. The summed E-state index contributed by atoms with van der Waals surface area (Å²) in [5.74, 6) is -4.52. The molecule has 1 saturated heterocycles. The third-order valence-corrected chi connectivity index (χ3v) is 6.40. The minimum absolute atomic E-state index is 0.0243. The maximum atomic E-state index is 15.4. The third-order valence-electron chi connectivity index (χ3n) is 6.40. The number of anilines is 1. The number of benzene rings is 1. The van der Waals surface area contributed by atoms with E-state index in [1.807, 2.05) is 0 Å². The zero-order valence-electron chi connectivity index (χ0n) is 21.0. The summed E-state index contributed by atoms with van der Waals surface area (Å²) < 4.78 is 51.5. The van der Waals surface area contributed by atoms with Crippen molar-refractivity contribution < 1.29 is 27.5 Å². The molecule has 1 aromatic carbocycles. The molecule has 7 nitrogen and oxygen atoms in total. The van der Waals surface area contributed by atoms with E-state index >= 15 is 13.2 Å². The highest BCUT2D eigenvalue weighted by Crippen LogP contribution is 2.33. The fourth-order valence-corrected chi connectivity index (χ4v) is 4.27. The summed E-state index contributed by atoms with van der Waals surface area (Å²) in [7, 11) is 2.89. The van der Waals surface area contributed by atoms with Gasteiger partial charge in [0.1, 0.15) is 29.3 Å². The first-order valence-electron chi connectivity index (χ1n) is 11.8. The van der Waals surface area contributed by atoms with Gasteiger partial charge in [-0.15, -0.1) is 0 Å². The summed E-state index contributed by atoms with van der Waals surface area (Å²) in [6, 6.07) is 5.02. The van der Waals surface area contributed by atoms with Gasteiger partial charge in [-0.05, 0) is 68.5 Å². The summed E-state index contributed by atoms with van der Waals surface area (Å²) >= 11 is 0. The molecular weight excluding hydrogens is 485 g/mol. The standard InChI is InChI=1S/C27H27F3N4O3/c1-15-16(2)24(27(36)34(18-8-7-10-31-14-18)21-9-5-6-11-37-21)32-25(23(15)30)22-19(28)12-17(13-20(22)29)26(35)33(3)4/h7-8,10,12-14,21H,5-6,9,11H2,1-4H3. The summed E-state index contributed by atoms with van der Waals surface area (Å²) in [6.07, 6.45) is 4.72. The highest BCUT2D eigenvalue weighted by molar-refractivity contribution is 6.06. The first-order chi connectivity index (χ1) is 17.6. The second kappa shape index (κ2) is 10.7. The van der Waals surface area contributed by atoms with Crippen molar-refractivity contribution in [2.45, 2.75) is 39.3 Å². The molecule has 1 unspecified atom stereocenters. The van der Waals surface area contributed by atoms with Crippen molar-refractivity contribution >= 4 is 17.5 Å². The number of hydrogen-bond donors (Lipinski definition) is 0. The van der Waals surface area contributed by atoms with Crippen LogP contribution in [0.5, 0.6) is 0 Å². The summed E-state index contributed by atoms with van der Waals surface area (Å²) in [5.41, 5.74) is -1.10. The van der Waals surface area contributed by atoms with Crippen LogP contribution < -0.4 is 4.90 Å². The van der Waals surface area contributed by atoms with Crippen molar-refractivity contribution in [1.82, 2.24) is 14.9 Å². The van der Waals surface area contributed by atoms with E-state index in [1.165, 1.54) is 43.9 Å². The molecule has 0 radical (unpaired) electrons. The maximum absolute atomic E-state index is 15.4. The number of pyridine rings is 2. The largest absolute Gasteiger partial charge is 0.358 e. The number of aromatic nitrogens is 2. The Morgan fingerprint density at radius 1 is 1.03 bits per heavy atom. The third kappa shape index (κ3) is 5.06. The fourth-order valence-electron chi connectivity index (χ4n) is 4.27. The van der Waals surface area contributed by atoms with E-state index in [2.05, 4.69) is 9.97 Å². The molecule has 3 aromatic rings. The molecule has 1 aliphatic heterocycles. The molecule has 4 rings (SSSR count). The van der Waals surface area contributed by atoms with Gasteiger partial charge < -0.3 is 9.64 Å². The Bertz CT molecular complexity index is 1320. The number of rotatable bonds is 5. The second-order valence-electron chi connectivity index (χ2n) is 9.10. The molecule has 3 heterocycles. The van der Waals surface area contributed by atoms with E-state index in [0.717, 1.165) is 25.0 Å².